The zero-order valence-corrected chi connectivity index (χ0v) is 35.5. The highest BCUT2D eigenvalue weighted by Gasteiger charge is 2.61. The summed E-state index contributed by atoms with van der Waals surface area (Å²) in [6.07, 6.45) is -12.6. The zero-order chi connectivity index (χ0) is 45.2. The number of hydrogen-bond acceptors (Lipinski definition) is 10. The van der Waals surface area contributed by atoms with E-state index in [-0.39, 0.29) is 29.6 Å². The van der Waals surface area contributed by atoms with E-state index in [1.54, 1.807) is 36.4 Å². The molecule has 0 spiro atoms. The summed E-state index contributed by atoms with van der Waals surface area (Å²) >= 11 is 0. The molecule has 2 aromatic carbocycles. The van der Waals surface area contributed by atoms with Gasteiger partial charge in [0, 0.05) is 12.8 Å². The lowest BCUT2D eigenvalue weighted by molar-refractivity contribution is -0.299. The summed E-state index contributed by atoms with van der Waals surface area (Å²) in [6, 6.07) is 15.8. The van der Waals surface area contributed by atoms with E-state index in [0.717, 1.165) is 5.56 Å². The fourth-order valence-electron chi connectivity index (χ4n) is 6.25. The lowest BCUT2D eigenvalue weighted by Gasteiger charge is -2.32. The number of allylic oxidation sites excluding steroid dienone is 1. The van der Waals surface area contributed by atoms with Gasteiger partial charge >= 0.3 is 24.5 Å². The molecule has 61 heavy (non-hydrogen) atoms. The molecule has 330 valence electrons. The van der Waals surface area contributed by atoms with E-state index < -0.39 is 95.1 Å². The number of pyridine rings is 1. The van der Waals surface area contributed by atoms with Crippen LogP contribution in [0.15, 0.2) is 77.2 Å². The summed E-state index contributed by atoms with van der Waals surface area (Å²) in [4.78, 5) is 32.0. The van der Waals surface area contributed by atoms with Crippen molar-refractivity contribution in [2.45, 2.75) is 135 Å². The minimum atomic E-state index is -5.24. The van der Waals surface area contributed by atoms with Gasteiger partial charge in [0.1, 0.15) is 22.9 Å². The number of carbonyl (C=O) groups is 2. The van der Waals surface area contributed by atoms with Crippen LogP contribution in [-0.4, -0.2) is 50.9 Å². The first-order valence-corrected chi connectivity index (χ1v) is 19.6. The largest absolute Gasteiger partial charge is 0.473 e. The highest BCUT2D eigenvalue weighted by atomic mass is 19.4. The molecule has 17 heteroatoms. The first-order valence-electron chi connectivity index (χ1n) is 19.6. The molecule has 0 saturated heterocycles. The van der Waals surface area contributed by atoms with Crippen LogP contribution in [-0.2, 0) is 44.4 Å². The fourth-order valence-corrected chi connectivity index (χ4v) is 6.25. The predicted molar refractivity (Wildman–Crippen MR) is 213 cm³/mol. The van der Waals surface area contributed by atoms with Gasteiger partial charge in [0.15, 0.2) is 5.69 Å². The van der Waals surface area contributed by atoms with E-state index >= 15 is 26.3 Å². The Morgan fingerprint density at radius 2 is 1.43 bits per heavy atom. The van der Waals surface area contributed by atoms with E-state index in [1.165, 1.54) is 53.7 Å². The third-order valence-electron chi connectivity index (χ3n) is 9.19. The molecule has 5 rings (SSSR count). The number of hydrogen-bond donors (Lipinski definition) is 0. The van der Waals surface area contributed by atoms with Gasteiger partial charge in [0.2, 0.25) is 11.5 Å². The molecule has 2 atom stereocenters. The van der Waals surface area contributed by atoms with Crippen molar-refractivity contribution >= 4 is 17.9 Å². The summed E-state index contributed by atoms with van der Waals surface area (Å²) < 4.78 is 121. The van der Waals surface area contributed by atoms with Crippen LogP contribution in [0.25, 0.3) is 11.6 Å². The Labute approximate surface area is 350 Å². The molecule has 1 aliphatic rings. The van der Waals surface area contributed by atoms with Gasteiger partial charge in [-0.05, 0) is 82.6 Å². The Hall–Kier alpha value is -5.45. The summed E-state index contributed by atoms with van der Waals surface area (Å²) in [5.41, 5.74) is -7.43. The Balaban J connectivity index is 1.80. The molecule has 0 fully saturated rings. The quantitative estimate of drug-likeness (QED) is 0.137. The first kappa shape index (κ1) is 46.6. The topological polar surface area (TPSA) is 126 Å². The number of anilines is 1. The number of rotatable bonds is 6. The lowest BCUT2D eigenvalue weighted by atomic mass is 9.85. The Bertz CT molecular complexity index is 2170. The molecular weight excluding hydrogens is 810 g/mol. The van der Waals surface area contributed by atoms with Gasteiger partial charge < -0.3 is 23.4 Å². The molecule has 2 aromatic heterocycles. The molecule has 1 unspecified atom stereocenters. The van der Waals surface area contributed by atoms with E-state index in [2.05, 4.69) is 15.2 Å². The number of amides is 2. The van der Waals surface area contributed by atoms with Crippen LogP contribution in [0.5, 0.6) is 5.88 Å². The van der Waals surface area contributed by atoms with Crippen molar-refractivity contribution in [3.05, 3.63) is 101 Å². The van der Waals surface area contributed by atoms with Gasteiger partial charge in [-0.2, -0.15) is 31.2 Å². The molecular formula is C44H50F6N4O7. The van der Waals surface area contributed by atoms with E-state index in [1.807, 2.05) is 39.0 Å². The second-order valence-corrected chi connectivity index (χ2v) is 17.7. The second kappa shape index (κ2) is 17.5. The minimum absolute atomic E-state index is 0.0453. The number of halogens is 6. The number of ether oxygens (including phenoxy) is 4. The highest BCUT2D eigenvalue weighted by molar-refractivity contribution is 6.11. The average molecular weight is 861 g/mol. The van der Waals surface area contributed by atoms with Gasteiger partial charge in [0.25, 0.3) is 11.8 Å². The monoisotopic (exact) mass is 860 g/mol. The molecule has 0 N–H and O–H groups in total. The molecule has 0 aliphatic carbocycles. The SMILES string of the molecule is CC(C)(C)OC(=O)N(C(=O)OC(C)(C)C)c1cc(C(F)(F)F)c2nc1-c1nnc(o1)[C@@](OCc1ccccc1)(C(F)(F)F)CC/C=C\CC(Cc1cccc(C(C)(C)C)c1)O2. The number of benzene rings is 2. The number of aromatic nitrogens is 3. The van der Waals surface area contributed by atoms with E-state index in [0.29, 0.717) is 17.2 Å². The molecule has 1 aliphatic heterocycles. The molecule has 3 heterocycles. The summed E-state index contributed by atoms with van der Waals surface area (Å²) in [6.45, 7) is 14.1. The van der Waals surface area contributed by atoms with Crippen molar-refractivity contribution in [2.24, 2.45) is 0 Å². The molecule has 0 radical (unpaired) electrons. The number of alkyl halides is 6. The van der Waals surface area contributed by atoms with Crippen LogP contribution in [0, 0.1) is 0 Å². The molecule has 4 aromatic rings. The van der Waals surface area contributed by atoms with Crippen LogP contribution in [0.2, 0.25) is 0 Å². The summed E-state index contributed by atoms with van der Waals surface area (Å²) in [5, 5.41) is 7.56. The van der Waals surface area contributed by atoms with Crippen molar-refractivity contribution in [3.63, 3.8) is 0 Å². The van der Waals surface area contributed by atoms with Crippen molar-refractivity contribution in [1.82, 2.24) is 15.2 Å². The van der Waals surface area contributed by atoms with Crippen LogP contribution in [0.4, 0.5) is 41.6 Å². The fraction of sp³-hybridized carbons (Fsp3) is 0.477. The van der Waals surface area contributed by atoms with E-state index in [4.69, 9.17) is 23.4 Å². The Kier molecular flexibility index (Phi) is 13.4. The van der Waals surface area contributed by atoms with Crippen LogP contribution >= 0.6 is 0 Å². The minimum Gasteiger partial charge on any atom is -0.473 e. The van der Waals surface area contributed by atoms with Gasteiger partial charge in [-0.25, -0.2) is 14.6 Å². The van der Waals surface area contributed by atoms with Crippen molar-refractivity contribution < 1.29 is 59.3 Å². The van der Waals surface area contributed by atoms with Crippen molar-refractivity contribution in [1.29, 1.82) is 0 Å². The highest BCUT2D eigenvalue weighted by Crippen LogP contribution is 2.48. The van der Waals surface area contributed by atoms with Gasteiger partial charge in [-0.3, -0.25) is 0 Å². The Morgan fingerprint density at radius 3 is 2.00 bits per heavy atom. The van der Waals surface area contributed by atoms with Gasteiger partial charge in [0.05, 0.1) is 12.3 Å². The smallest absolute Gasteiger partial charge is 0.426 e. The normalized spacial score (nSPS) is 18.4. The molecule has 4 bridgehead atoms. The summed E-state index contributed by atoms with van der Waals surface area (Å²) in [7, 11) is 0. The number of fused-ring (bicyclic) bond motifs is 5. The lowest BCUT2D eigenvalue weighted by Crippen LogP contribution is -2.45. The van der Waals surface area contributed by atoms with E-state index in [9.17, 15) is 9.59 Å². The maximum absolute atomic E-state index is 15.5. The number of nitrogens with zero attached hydrogens (tertiary/aromatic N) is 4. The number of imide groups is 1. The third kappa shape index (κ3) is 11.7. The molecule has 0 saturated carbocycles. The molecule has 11 nitrogen and oxygen atoms in total. The standard InChI is InChI=1S/C44H50F6N4O7/c1-39(2,3)29-20-16-19-28(23-29)24-30-21-14-11-15-22-42(44(48,49)50,57-26-27-17-12-10-13-18-27)36-53-52-35(59-36)33-32(25-31(43(45,46)47)34(51-33)58-30)54(37(55)60-40(4,5)6)38(56)61-41(7,8)9/h10-14,16-20,23,25,30H,15,21-22,24,26H2,1-9H3/b14-11-/t30?,42-/m1/s1. The maximum atomic E-state index is 15.5. The van der Waals surface area contributed by atoms with Crippen LogP contribution in [0.1, 0.15) is 110 Å². The summed E-state index contributed by atoms with van der Waals surface area (Å²) in [5.74, 6) is -3.05. The van der Waals surface area contributed by atoms with Gasteiger partial charge in [-0.15, -0.1) is 10.2 Å². The van der Waals surface area contributed by atoms with Crippen molar-refractivity contribution in [2.75, 3.05) is 4.90 Å². The average Bonchev–Trinajstić information content (AvgIpc) is 3.61. The second-order valence-electron chi connectivity index (χ2n) is 17.7. The third-order valence-corrected chi connectivity index (χ3v) is 9.19. The first-order chi connectivity index (χ1) is 28.2. The molecule has 2 amide bonds. The van der Waals surface area contributed by atoms with Crippen LogP contribution < -0.4 is 9.64 Å². The predicted octanol–water partition coefficient (Wildman–Crippen LogP) is 11.8. The van der Waals surface area contributed by atoms with Gasteiger partial charge in [-0.1, -0.05) is 87.5 Å². The maximum Gasteiger partial charge on any atom is 0.426 e. The number of carbonyl (C=O) groups excluding carboxylic acids is 2. The zero-order valence-electron chi connectivity index (χ0n) is 35.5. The Morgan fingerprint density at radius 1 is 0.803 bits per heavy atom. The van der Waals surface area contributed by atoms with Crippen molar-refractivity contribution in [3.8, 4) is 17.5 Å². The van der Waals surface area contributed by atoms with Crippen LogP contribution in [0.3, 0.4) is 0 Å².